The third-order valence-electron chi connectivity index (χ3n) is 10.9. The van der Waals surface area contributed by atoms with Gasteiger partial charge in [0.05, 0.1) is 5.41 Å². The third-order valence-corrected chi connectivity index (χ3v) is 10.9. The van der Waals surface area contributed by atoms with Crippen LogP contribution in [0.15, 0.2) is 151 Å². The number of rotatable bonds is 2. The fourth-order valence-electron chi connectivity index (χ4n) is 8.47. The molecule has 7 aromatic rings. The summed E-state index contributed by atoms with van der Waals surface area (Å²) in [6.45, 7) is 0. The maximum atomic E-state index is 6.41. The van der Waals surface area contributed by atoms with Gasteiger partial charge in [0.2, 0.25) is 0 Å². The van der Waals surface area contributed by atoms with Crippen LogP contribution in [-0.2, 0) is 5.41 Å². The summed E-state index contributed by atoms with van der Waals surface area (Å²) in [4.78, 5) is 0. The van der Waals surface area contributed by atoms with Crippen molar-refractivity contribution in [2.24, 2.45) is 0 Å². The first-order valence-corrected chi connectivity index (χ1v) is 17.9. The molecule has 2 aliphatic carbocycles. The quantitative estimate of drug-likeness (QED) is 0.169. The molecule has 11 rings (SSSR count). The number of benzene rings is 7. The average molecular weight is 693 g/mol. The topological polar surface area (TPSA) is 36.9 Å². The molecule has 0 fully saturated rings. The highest BCUT2D eigenvalue weighted by atomic mass is 16.6. The molecule has 0 spiro atoms. The van der Waals surface area contributed by atoms with E-state index >= 15 is 0 Å². The van der Waals surface area contributed by atoms with E-state index in [-0.39, 0.29) is 0 Å². The fourth-order valence-corrected chi connectivity index (χ4v) is 8.47. The second kappa shape index (κ2) is 11.3. The van der Waals surface area contributed by atoms with Crippen molar-refractivity contribution in [1.82, 2.24) is 0 Å². The molecule has 2 aliphatic heterocycles. The molecule has 2 heterocycles. The summed E-state index contributed by atoms with van der Waals surface area (Å²) in [5.74, 6) is 10.5. The highest BCUT2D eigenvalue weighted by molar-refractivity contribution is 5.96. The molecule has 0 saturated carbocycles. The molecule has 0 aromatic heterocycles. The minimum atomic E-state index is -0.636. The third kappa shape index (κ3) is 4.35. The van der Waals surface area contributed by atoms with Gasteiger partial charge in [-0.1, -0.05) is 84.7 Å². The molecule has 4 aliphatic rings. The van der Waals surface area contributed by atoms with Crippen molar-refractivity contribution < 1.29 is 18.9 Å². The van der Waals surface area contributed by atoms with Crippen LogP contribution in [0.1, 0.15) is 39.8 Å². The molecule has 0 unspecified atom stereocenters. The number of hydrogen-bond acceptors (Lipinski definition) is 4. The van der Waals surface area contributed by atoms with E-state index in [1.54, 1.807) is 0 Å². The lowest BCUT2D eigenvalue weighted by Crippen LogP contribution is -2.29. The van der Waals surface area contributed by atoms with Crippen LogP contribution in [0.5, 0.6) is 46.0 Å². The zero-order valence-corrected chi connectivity index (χ0v) is 28.9. The first kappa shape index (κ1) is 30.2. The van der Waals surface area contributed by atoms with E-state index in [1.165, 1.54) is 22.3 Å². The van der Waals surface area contributed by atoms with Gasteiger partial charge in [0.1, 0.15) is 0 Å². The second-order valence-electron chi connectivity index (χ2n) is 13.9. The van der Waals surface area contributed by atoms with E-state index in [0.29, 0.717) is 46.0 Å². The minimum Gasteiger partial charge on any atom is -0.449 e. The van der Waals surface area contributed by atoms with Crippen LogP contribution >= 0.6 is 0 Å². The Balaban J connectivity index is 1.11. The number of terminal acetylenes is 2. The van der Waals surface area contributed by atoms with Crippen molar-refractivity contribution in [3.05, 3.63) is 185 Å². The van der Waals surface area contributed by atoms with Gasteiger partial charge >= 0.3 is 0 Å². The highest BCUT2D eigenvalue weighted by Crippen LogP contribution is 2.57. The molecule has 0 bridgehead atoms. The Morgan fingerprint density at radius 1 is 0.463 bits per heavy atom. The molecular weight excluding hydrogens is 665 g/mol. The van der Waals surface area contributed by atoms with Crippen LogP contribution in [0.4, 0.5) is 0 Å². The second-order valence-corrected chi connectivity index (χ2v) is 13.9. The van der Waals surface area contributed by atoms with Crippen molar-refractivity contribution in [3.8, 4) is 70.7 Å². The summed E-state index contributed by atoms with van der Waals surface area (Å²) in [6.07, 6.45) is 21.3. The SMILES string of the molecule is C#Cc1ccc2c(c1)Oc1cc3cc(C4(c5ccc6cc7c(cc6c5)Oc5cc(C#C)ccc5O7)C5=C(C=CCC=C5)c5ccccc54)ccc3cc1O2. The lowest BCUT2D eigenvalue weighted by atomic mass is 9.66. The largest absolute Gasteiger partial charge is 0.449 e. The lowest BCUT2D eigenvalue weighted by molar-refractivity contribution is 0.360. The van der Waals surface area contributed by atoms with Gasteiger partial charge in [0.25, 0.3) is 0 Å². The number of hydrogen-bond donors (Lipinski definition) is 0. The summed E-state index contributed by atoms with van der Waals surface area (Å²) >= 11 is 0. The molecule has 7 aromatic carbocycles. The van der Waals surface area contributed by atoms with Crippen LogP contribution in [-0.4, -0.2) is 0 Å². The van der Waals surface area contributed by atoms with Crippen LogP contribution in [0.3, 0.4) is 0 Å². The van der Waals surface area contributed by atoms with Gasteiger partial charge < -0.3 is 18.9 Å². The predicted octanol–water partition coefficient (Wildman–Crippen LogP) is 12.4. The van der Waals surface area contributed by atoms with Gasteiger partial charge in [0.15, 0.2) is 46.0 Å². The van der Waals surface area contributed by atoms with Crippen molar-refractivity contribution in [2.45, 2.75) is 11.8 Å². The van der Waals surface area contributed by atoms with E-state index in [9.17, 15) is 0 Å². The van der Waals surface area contributed by atoms with Crippen LogP contribution in [0.2, 0.25) is 0 Å². The van der Waals surface area contributed by atoms with Crippen molar-refractivity contribution >= 4 is 27.1 Å². The van der Waals surface area contributed by atoms with Gasteiger partial charge in [0, 0.05) is 23.3 Å². The standard InChI is InChI=1S/C50H28O4/c1-3-30-14-20-42-44(22-30)53-48-28-34-24-36(18-16-32(34)26-46(48)51-42)50(40-12-7-5-6-10-38(40)39-11-8-9-13-41(39)50)37-19-17-33-27-47-49(29-35(33)25-37)54-45-23-31(4-2)15-21-43(45)52-47/h1-2,6-29H,5H2. The average Bonchev–Trinajstić information content (AvgIpc) is 3.30. The molecule has 0 N–H and O–H groups in total. The van der Waals surface area contributed by atoms with E-state index < -0.39 is 5.41 Å². The Morgan fingerprint density at radius 2 is 0.963 bits per heavy atom. The van der Waals surface area contributed by atoms with E-state index in [0.717, 1.165) is 50.2 Å². The highest BCUT2D eigenvalue weighted by Gasteiger charge is 2.46. The van der Waals surface area contributed by atoms with Crippen LogP contribution in [0.25, 0.3) is 27.1 Å². The number of ether oxygens (including phenoxy) is 4. The maximum Gasteiger partial charge on any atom is 0.171 e. The number of allylic oxidation sites excluding steroid dienone is 6. The molecule has 0 amide bonds. The molecule has 0 radical (unpaired) electrons. The Morgan fingerprint density at radius 3 is 1.54 bits per heavy atom. The Hall–Kier alpha value is -7.40. The lowest BCUT2D eigenvalue weighted by Gasteiger charge is -2.35. The first-order chi connectivity index (χ1) is 26.6. The molecular formula is C50H28O4. The molecule has 0 atom stereocenters. The molecule has 252 valence electrons. The van der Waals surface area contributed by atoms with Crippen molar-refractivity contribution in [3.63, 3.8) is 0 Å². The molecule has 4 heteroatoms. The Kier molecular flexibility index (Phi) is 6.33. The Labute approximate surface area is 312 Å². The van der Waals surface area contributed by atoms with Crippen molar-refractivity contribution in [1.29, 1.82) is 0 Å². The molecule has 54 heavy (non-hydrogen) atoms. The fraction of sp³-hybridized carbons (Fsp3) is 0.0400. The van der Waals surface area contributed by atoms with Crippen LogP contribution in [0, 0.1) is 24.7 Å². The van der Waals surface area contributed by atoms with Gasteiger partial charge in [-0.2, -0.15) is 0 Å². The summed E-state index contributed by atoms with van der Waals surface area (Å²) in [6, 6.07) is 41.6. The van der Waals surface area contributed by atoms with Gasteiger partial charge in [-0.15, -0.1) is 12.8 Å². The van der Waals surface area contributed by atoms with Crippen molar-refractivity contribution in [2.75, 3.05) is 0 Å². The summed E-state index contributed by atoms with van der Waals surface area (Å²) in [7, 11) is 0. The summed E-state index contributed by atoms with van der Waals surface area (Å²) < 4.78 is 25.4. The van der Waals surface area contributed by atoms with E-state index in [4.69, 9.17) is 31.8 Å². The molecule has 4 nitrogen and oxygen atoms in total. The maximum absolute atomic E-state index is 6.41. The summed E-state index contributed by atoms with van der Waals surface area (Å²) in [5.41, 5.74) is 8.04. The minimum absolute atomic E-state index is 0.604. The zero-order chi connectivity index (χ0) is 36.0. The normalized spacial score (nSPS) is 15.1. The Bertz CT molecular complexity index is 2840. The summed E-state index contributed by atoms with van der Waals surface area (Å²) in [5, 5.41) is 4.17. The molecule has 0 saturated heterocycles. The van der Waals surface area contributed by atoms with Crippen LogP contribution < -0.4 is 18.9 Å². The first-order valence-electron chi connectivity index (χ1n) is 17.9. The van der Waals surface area contributed by atoms with Gasteiger partial charge in [-0.3, -0.25) is 0 Å². The van der Waals surface area contributed by atoms with Gasteiger partial charge in [-0.05, 0) is 122 Å². The monoisotopic (exact) mass is 692 g/mol. The van der Waals surface area contributed by atoms with E-state index in [2.05, 4.69) is 109 Å². The van der Waals surface area contributed by atoms with Gasteiger partial charge in [-0.25, -0.2) is 0 Å². The smallest absolute Gasteiger partial charge is 0.171 e. The predicted molar refractivity (Wildman–Crippen MR) is 213 cm³/mol. The van der Waals surface area contributed by atoms with E-state index in [1.807, 2.05) is 48.5 Å². The number of fused-ring (bicyclic) bond motifs is 8. The zero-order valence-electron chi connectivity index (χ0n) is 28.9.